The summed E-state index contributed by atoms with van der Waals surface area (Å²) in [5, 5.41) is 12.8. The quantitative estimate of drug-likeness (QED) is 0.293. The molecule has 2 N–H and O–H groups in total. The van der Waals surface area contributed by atoms with Gasteiger partial charge in [-0.05, 0) is 48.1 Å². The van der Waals surface area contributed by atoms with Crippen LogP contribution >= 0.6 is 0 Å². The van der Waals surface area contributed by atoms with Crippen LogP contribution in [0.3, 0.4) is 0 Å². The number of hydrogen-bond donors (Lipinski definition) is 2. The number of hydrogen-bond acceptors (Lipinski definition) is 5. The smallest absolute Gasteiger partial charge is 0.311 e. The number of H-pyrrole nitrogens is 1. The second-order valence-electron chi connectivity index (χ2n) is 9.95. The molecule has 4 aromatic rings. The monoisotopic (exact) mass is 519 g/mol. The van der Waals surface area contributed by atoms with Crippen LogP contribution in [0.5, 0.6) is 0 Å². The van der Waals surface area contributed by atoms with Crippen molar-refractivity contribution in [2.75, 3.05) is 29.5 Å². The number of fused-ring (bicyclic) bond motifs is 2. The number of ether oxygens (including phenoxy) is 1. The third kappa shape index (κ3) is 4.64. The van der Waals surface area contributed by atoms with Gasteiger partial charge in [0, 0.05) is 35.9 Å². The van der Waals surface area contributed by atoms with Crippen LogP contribution in [-0.2, 0) is 32.9 Å². The molecule has 1 saturated heterocycles. The van der Waals surface area contributed by atoms with Gasteiger partial charge in [-0.3, -0.25) is 9.59 Å². The van der Waals surface area contributed by atoms with Crippen LogP contribution in [0.15, 0.2) is 79.0 Å². The highest BCUT2D eigenvalue weighted by Gasteiger charge is 2.51. The normalized spacial score (nSPS) is 18.2. The number of carbonyl (C=O) groups excluding carboxylic acids is 2. The van der Waals surface area contributed by atoms with Gasteiger partial charge >= 0.3 is 5.97 Å². The molecule has 1 amide bonds. The predicted octanol–water partition coefficient (Wildman–Crippen LogP) is 4.29. The molecule has 1 unspecified atom stereocenters. The van der Waals surface area contributed by atoms with E-state index in [9.17, 15) is 14.7 Å². The van der Waals surface area contributed by atoms with Crippen LogP contribution in [-0.4, -0.2) is 41.7 Å². The van der Waals surface area contributed by atoms with Gasteiger partial charge in [0.15, 0.2) is 6.61 Å². The van der Waals surface area contributed by atoms with Gasteiger partial charge in [0.05, 0.1) is 24.2 Å². The Morgan fingerprint density at radius 2 is 1.72 bits per heavy atom. The zero-order chi connectivity index (χ0) is 26.8. The number of rotatable bonds is 6. The summed E-state index contributed by atoms with van der Waals surface area (Å²) in [5.41, 5.74) is 2.69. The Morgan fingerprint density at radius 3 is 2.54 bits per heavy atom. The van der Waals surface area contributed by atoms with Gasteiger partial charge in [-0.1, -0.05) is 60.5 Å². The minimum atomic E-state index is -2.04. The lowest BCUT2D eigenvalue weighted by molar-refractivity contribution is -0.141. The molecule has 6 rings (SSSR count). The van der Waals surface area contributed by atoms with E-state index in [4.69, 9.17) is 4.74 Å². The molecule has 0 bridgehead atoms. The first-order chi connectivity index (χ1) is 19.0. The van der Waals surface area contributed by atoms with E-state index in [0.717, 1.165) is 53.6 Å². The number of aromatic nitrogens is 1. The van der Waals surface area contributed by atoms with E-state index in [2.05, 4.69) is 21.7 Å². The van der Waals surface area contributed by atoms with Gasteiger partial charge in [0.25, 0.3) is 5.91 Å². The Balaban J connectivity index is 1.25. The molecule has 1 atom stereocenters. The minimum absolute atomic E-state index is 0.0989. The standard InChI is InChI=1S/C32H29N3O4/c36-29(20-24-21-33-26-13-5-4-12-25(24)26)39-19-9-16-32(38)30-27(34-17-6-7-18-34)14-8-15-28(30)35(31(32)37)22-23-10-2-1-3-11-23/h1-5,8,10-15,21,33,38H,6-7,17-20,22H2. The summed E-state index contributed by atoms with van der Waals surface area (Å²) in [5.74, 6) is 4.64. The van der Waals surface area contributed by atoms with Crippen molar-refractivity contribution in [3.8, 4) is 11.8 Å². The topological polar surface area (TPSA) is 85.9 Å². The van der Waals surface area contributed by atoms with Crippen molar-refractivity contribution in [1.29, 1.82) is 0 Å². The number of amides is 1. The van der Waals surface area contributed by atoms with Gasteiger partial charge in [0.1, 0.15) is 0 Å². The highest BCUT2D eigenvalue weighted by atomic mass is 16.5. The average molecular weight is 520 g/mol. The Labute approximate surface area is 227 Å². The lowest BCUT2D eigenvalue weighted by Gasteiger charge is -2.24. The molecule has 2 aliphatic rings. The molecule has 1 fully saturated rings. The van der Waals surface area contributed by atoms with Crippen LogP contribution in [0.1, 0.15) is 29.5 Å². The molecule has 196 valence electrons. The summed E-state index contributed by atoms with van der Waals surface area (Å²) >= 11 is 0. The van der Waals surface area contributed by atoms with Gasteiger partial charge < -0.3 is 24.6 Å². The Bertz CT molecular complexity index is 1590. The van der Waals surface area contributed by atoms with E-state index in [1.54, 1.807) is 11.1 Å². The molecule has 0 saturated carbocycles. The van der Waals surface area contributed by atoms with E-state index in [1.165, 1.54) is 0 Å². The fourth-order valence-electron chi connectivity index (χ4n) is 5.56. The van der Waals surface area contributed by atoms with Gasteiger partial charge in [-0.15, -0.1) is 0 Å². The second kappa shape index (κ2) is 10.3. The second-order valence-corrected chi connectivity index (χ2v) is 9.95. The molecule has 1 aromatic heterocycles. The zero-order valence-electron chi connectivity index (χ0n) is 21.5. The van der Waals surface area contributed by atoms with Crippen molar-refractivity contribution in [3.05, 3.63) is 95.7 Å². The molecule has 7 nitrogen and oxygen atoms in total. The number of carbonyl (C=O) groups is 2. The van der Waals surface area contributed by atoms with Crippen LogP contribution < -0.4 is 9.80 Å². The highest BCUT2D eigenvalue weighted by Crippen LogP contribution is 2.46. The first-order valence-electron chi connectivity index (χ1n) is 13.2. The number of nitrogens with zero attached hydrogens (tertiary/aromatic N) is 2. The maximum absolute atomic E-state index is 13.8. The number of esters is 1. The molecule has 2 aliphatic heterocycles. The number of aromatic amines is 1. The fraction of sp³-hybridized carbons (Fsp3) is 0.250. The average Bonchev–Trinajstić information content (AvgIpc) is 3.68. The summed E-state index contributed by atoms with van der Waals surface area (Å²) < 4.78 is 5.37. The number of aliphatic hydroxyl groups is 1. The molecule has 3 aromatic carbocycles. The van der Waals surface area contributed by atoms with E-state index in [1.807, 2.05) is 72.8 Å². The summed E-state index contributed by atoms with van der Waals surface area (Å²) in [6, 6.07) is 23.2. The molecule has 0 radical (unpaired) electrons. The Kier molecular flexibility index (Phi) is 6.55. The lowest BCUT2D eigenvalue weighted by Crippen LogP contribution is -2.39. The SMILES string of the molecule is O=C(Cc1c[nH]c2ccccc12)OCC#CC1(O)C(=O)N(Cc2ccccc2)c2cccc(N3CCCC3)c21. The van der Waals surface area contributed by atoms with Crippen LogP contribution in [0.4, 0.5) is 11.4 Å². The number of benzene rings is 3. The summed E-state index contributed by atoms with van der Waals surface area (Å²) in [7, 11) is 0. The third-order valence-corrected chi connectivity index (χ3v) is 7.44. The van der Waals surface area contributed by atoms with E-state index in [-0.39, 0.29) is 13.0 Å². The summed E-state index contributed by atoms with van der Waals surface area (Å²) in [6.45, 7) is 1.81. The molecule has 7 heteroatoms. The highest BCUT2D eigenvalue weighted by molar-refractivity contribution is 6.11. The number of para-hydroxylation sites is 1. The Hall–Kier alpha value is -4.54. The van der Waals surface area contributed by atoms with Crippen LogP contribution in [0.25, 0.3) is 10.9 Å². The molecule has 0 spiro atoms. The fourth-order valence-corrected chi connectivity index (χ4v) is 5.56. The van der Waals surface area contributed by atoms with Crippen LogP contribution in [0.2, 0.25) is 0 Å². The van der Waals surface area contributed by atoms with Crippen molar-refractivity contribution in [2.45, 2.75) is 31.4 Å². The zero-order valence-corrected chi connectivity index (χ0v) is 21.5. The minimum Gasteiger partial charge on any atom is -0.452 e. The van der Waals surface area contributed by atoms with E-state index >= 15 is 0 Å². The molecular formula is C32H29N3O4. The van der Waals surface area contributed by atoms with Gasteiger partial charge in [0.2, 0.25) is 5.60 Å². The summed E-state index contributed by atoms with van der Waals surface area (Å²) in [4.78, 5) is 33.2. The maximum atomic E-state index is 13.8. The lowest BCUT2D eigenvalue weighted by atomic mass is 9.93. The molecule has 3 heterocycles. The van der Waals surface area contributed by atoms with Crippen molar-refractivity contribution < 1.29 is 19.4 Å². The Morgan fingerprint density at radius 1 is 0.974 bits per heavy atom. The van der Waals surface area contributed by atoms with Crippen molar-refractivity contribution in [3.63, 3.8) is 0 Å². The maximum Gasteiger partial charge on any atom is 0.311 e. The van der Waals surface area contributed by atoms with E-state index in [0.29, 0.717) is 17.8 Å². The van der Waals surface area contributed by atoms with E-state index < -0.39 is 17.5 Å². The third-order valence-electron chi connectivity index (χ3n) is 7.44. The first kappa shape index (κ1) is 24.8. The molecule has 0 aliphatic carbocycles. The molecule has 39 heavy (non-hydrogen) atoms. The van der Waals surface area contributed by atoms with Crippen molar-refractivity contribution in [1.82, 2.24) is 4.98 Å². The number of nitrogens with one attached hydrogen (secondary N) is 1. The first-order valence-corrected chi connectivity index (χ1v) is 13.2. The van der Waals surface area contributed by atoms with Gasteiger partial charge in [-0.25, -0.2) is 0 Å². The van der Waals surface area contributed by atoms with Crippen molar-refractivity contribution in [2.24, 2.45) is 0 Å². The molecular weight excluding hydrogens is 490 g/mol. The number of anilines is 2. The summed E-state index contributed by atoms with van der Waals surface area (Å²) in [6.07, 6.45) is 4.01. The van der Waals surface area contributed by atoms with Crippen molar-refractivity contribution >= 4 is 34.2 Å². The largest absolute Gasteiger partial charge is 0.452 e. The predicted molar refractivity (Wildman–Crippen MR) is 150 cm³/mol. The van der Waals surface area contributed by atoms with Gasteiger partial charge in [-0.2, -0.15) is 0 Å². The van der Waals surface area contributed by atoms with Crippen LogP contribution in [0, 0.1) is 11.8 Å².